The summed E-state index contributed by atoms with van der Waals surface area (Å²) in [6, 6.07) is 2.14. The first-order valence-electron chi connectivity index (χ1n) is 6.50. The highest BCUT2D eigenvalue weighted by Gasteiger charge is 2.18. The van der Waals surface area contributed by atoms with Crippen LogP contribution in [-0.4, -0.2) is 28.9 Å². The van der Waals surface area contributed by atoms with E-state index >= 15 is 0 Å². The zero-order valence-electron chi connectivity index (χ0n) is 10.7. The van der Waals surface area contributed by atoms with Crippen LogP contribution in [0.1, 0.15) is 31.7 Å². The highest BCUT2D eigenvalue weighted by atomic mass is 79.9. The third-order valence-electron chi connectivity index (χ3n) is 3.58. The molecule has 1 atom stereocenters. The van der Waals surface area contributed by atoms with E-state index in [2.05, 4.69) is 27.0 Å². The number of aromatic nitrogens is 1. The van der Waals surface area contributed by atoms with Gasteiger partial charge in [0.2, 0.25) is 5.91 Å². The molecule has 1 unspecified atom stereocenters. The molecule has 3 nitrogen and oxygen atoms in total. The van der Waals surface area contributed by atoms with E-state index in [0.717, 1.165) is 36.8 Å². The molecule has 1 aromatic rings. The normalized spacial score (nSPS) is 20.6. The minimum atomic E-state index is 0.208. The van der Waals surface area contributed by atoms with Gasteiger partial charge in [0.1, 0.15) is 0 Å². The zero-order chi connectivity index (χ0) is 13.0. The van der Waals surface area contributed by atoms with Gasteiger partial charge in [-0.15, -0.1) is 0 Å². The van der Waals surface area contributed by atoms with Gasteiger partial charge in [-0.25, -0.2) is 0 Å². The Labute approximate surface area is 117 Å². The van der Waals surface area contributed by atoms with Crippen LogP contribution in [-0.2, 0) is 11.2 Å². The first-order chi connectivity index (χ1) is 8.65. The summed E-state index contributed by atoms with van der Waals surface area (Å²) in [4.78, 5) is 17.5. The average molecular weight is 311 g/mol. The maximum Gasteiger partial charge on any atom is 0.219 e. The summed E-state index contributed by atoms with van der Waals surface area (Å²) in [6.07, 6.45) is 8.25. The van der Waals surface area contributed by atoms with Gasteiger partial charge in [-0.3, -0.25) is 9.78 Å². The molecule has 1 fully saturated rings. The fourth-order valence-corrected chi connectivity index (χ4v) is 3.00. The van der Waals surface area contributed by atoms with Crippen molar-refractivity contribution in [2.75, 3.05) is 13.1 Å². The predicted octanol–water partition coefficient (Wildman–Crippen LogP) is 3.04. The van der Waals surface area contributed by atoms with Crippen molar-refractivity contribution in [3.8, 4) is 0 Å². The second-order valence-corrected chi connectivity index (χ2v) is 5.93. The molecule has 0 aromatic carbocycles. The lowest BCUT2D eigenvalue weighted by molar-refractivity contribution is -0.128. The summed E-state index contributed by atoms with van der Waals surface area (Å²) in [5.41, 5.74) is 1.28. The Balaban J connectivity index is 1.92. The SMILES string of the molecule is CC(=O)N1CCCC(Cc2cncc(Br)c2)CC1. The Morgan fingerprint density at radius 2 is 2.28 bits per heavy atom. The molecule has 1 aliphatic rings. The van der Waals surface area contributed by atoms with Crippen molar-refractivity contribution < 1.29 is 4.79 Å². The van der Waals surface area contributed by atoms with Gasteiger partial charge in [-0.2, -0.15) is 0 Å². The van der Waals surface area contributed by atoms with Crippen LogP contribution >= 0.6 is 15.9 Å². The largest absolute Gasteiger partial charge is 0.343 e. The topological polar surface area (TPSA) is 33.2 Å². The van der Waals surface area contributed by atoms with Gasteiger partial charge in [-0.05, 0) is 59.2 Å². The van der Waals surface area contributed by atoms with Gasteiger partial charge >= 0.3 is 0 Å². The predicted molar refractivity (Wildman–Crippen MR) is 75.2 cm³/mol. The van der Waals surface area contributed by atoms with Gasteiger partial charge in [-0.1, -0.05) is 0 Å². The molecule has 0 radical (unpaired) electrons. The maximum absolute atomic E-state index is 11.4. The van der Waals surface area contributed by atoms with E-state index in [0.29, 0.717) is 5.92 Å². The van der Waals surface area contributed by atoms with Crippen LogP contribution in [0.2, 0.25) is 0 Å². The quantitative estimate of drug-likeness (QED) is 0.841. The van der Waals surface area contributed by atoms with Crippen LogP contribution in [0.5, 0.6) is 0 Å². The number of amides is 1. The molecule has 1 aromatic heterocycles. The fraction of sp³-hybridized carbons (Fsp3) is 0.571. The maximum atomic E-state index is 11.4. The molecule has 1 amide bonds. The number of carbonyl (C=O) groups is 1. The Kier molecular flexibility index (Phi) is 4.75. The number of hydrogen-bond donors (Lipinski definition) is 0. The highest BCUT2D eigenvalue weighted by molar-refractivity contribution is 9.10. The van der Waals surface area contributed by atoms with Gasteiger partial charge in [0, 0.05) is 36.9 Å². The van der Waals surface area contributed by atoms with Crippen molar-refractivity contribution in [3.63, 3.8) is 0 Å². The third-order valence-corrected chi connectivity index (χ3v) is 4.01. The molecular formula is C14H19BrN2O. The molecule has 0 spiro atoms. The third kappa shape index (κ3) is 3.80. The Morgan fingerprint density at radius 3 is 3.00 bits per heavy atom. The highest BCUT2D eigenvalue weighted by Crippen LogP contribution is 2.22. The molecule has 2 rings (SSSR count). The summed E-state index contributed by atoms with van der Waals surface area (Å²) in [6.45, 7) is 3.49. The molecule has 0 bridgehead atoms. The summed E-state index contributed by atoms with van der Waals surface area (Å²) in [7, 11) is 0. The summed E-state index contributed by atoms with van der Waals surface area (Å²) >= 11 is 3.46. The van der Waals surface area contributed by atoms with Crippen molar-refractivity contribution in [1.82, 2.24) is 9.88 Å². The van der Waals surface area contributed by atoms with Crippen molar-refractivity contribution >= 4 is 21.8 Å². The number of nitrogens with zero attached hydrogens (tertiary/aromatic N) is 2. The number of pyridine rings is 1. The second-order valence-electron chi connectivity index (χ2n) is 5.02. The molecule has 1 aliphatic heterocycles. The lowest BCUT2D eigenvalue weighted by Crippen LogP contribution is -2.29. The van der Waals surface area contributed by atoms with Crippen molar-refractivity contribution in [3.05, 3.63) is 28.5 Å². The first kappa shape index (κ1) is 13.5. The molecule has 0 saturated carbocycles. The van der Waals surface area contributed by atoms with Crippen molar-refractivity contribution in [2.24, 2.45) is 5.92 Å². The van der Waals surface area contributed by atoms with Gasteiger partial charge in [0.05, 0.1) is 0 Å². The Bertz CT molecular complexity index is 422. The zero-order valence-corrected chi connectivity index (χ0v) is 12.3. The Hall–Kier alpha value is -0.900. The smallest absolute Gasteiger partial charge is 0.219 e. The number of halogens is 1. The minimum Gasteiger partial charge on any atom is -0.343 e. The summed E-state index contributed by atoms with van der Waals surface area (Å²) in [5.74, 6) is 0.880. The van der Waals surface area contributed by atoms with E-state index in [9.17, 15) is 4.79 Å². The number of rotatable bonds is 2. The van der Waals surface area contributed by atoms with Crippen LogP contribution in [0, 0.1) is 5.92 Å². The van der Waals surface area contributed by atoms with Crippen LogP contribution in [0.15, 0.2) is 22.9 Å². The molecule has 0 aliphatic carbocycles. The number of carbonyl (C=O) groups excluding carboxylic acids is 1. The van der Waals surface area contributed by atoms with Crippen LogP contribution in [0.25, 0.3) is 0 Å². The number of likely N-dealkylation sites (tertiary alicyclic amines) is 1. The van der Waals surface area contributed by atoms with E-state index in [1.807, 2.05) is 17.3 Å². The lowest BCUT2D eigenvalue weighted by Gasteiger charge is -2.18. The van der Waals surface area contributed by atoms with Crippen LogP contribution < -0.4 is 0 Å². The van der Waals surface area contributed by atoms with Gasteiger partial charge < -0.3 is 4.90 Å². The van der Waals surface area contributed by atoms with E-state index in [4.69, 9.17) is 0 Å². The monoisotopic (exact) mass is 310 g/mol. The molecular weight excluding hydrogens is 292 g/mol. The Morgan fingerprint density at radius 1 is 1.44 bits per heavy atom. The average Bonchev–Trinajstić information content (AvgIpc) is 2.55. The van der Waals surface area contributed by atoms with E-state index < -0.39 is 0 Å². The minimum absolute atomic E-state index is 0.208. The molecule has 98 valence electrons. The summed E-state index contributed by atoms with van der Waals surface area (Å²) < 4.78 is 1.04. The fourth-order valence-electron chi connectivity index (χ4n) is 2.59. The molecule has 2 heterocycles. The van der Waals surface area contributed by atoms with Crippen molar-refractivity contribution in [2.45, 2.75) is 32.6 Å². The standard InChI is InChI=1S/C14H19BrN2O/c1-11(18)17-5-2-3-12(4-6-17)7-13-8-14(15)10-16-9-13/h8-10,12H,2-7H2,1H3. The molecule has 1 saturated heterocycles. The van der Waals surface area contributed by atoms with Gasteiger partial charge in [0.15, 0.2) is 0 Å². The summed E-state index contributed by atoms with van der Waals surface area (Å²) in [5, 5.41) is 0. The number of hydrogen-bond acceptors (Lipinski definition) is 2. The van der Waals surface area contributed by atoms with Crippen molar-refractivity contribution in [1.29, 1.82) is 0 Å². The first-order valence-corrected chi connectivity index (χ1v) is 7.29. The molecule has 0 N–H and O–H groups in total. The van der Waals surface area contributed by atoms with Crippen LogP contribution in [0.4, 0.5) is 0 Å². The lowest BCUT2D eigenvalue weighted by atomic mass is 9.93. The van der Waals surface area contributed by atoms with Gasteiger partial charge in [0.25, 0.3) is 0 Å². The van der Waals surface area contributed by atoms with Crippen LogP contribution in [0.3, 0.4) is 0 Å². The second kappa shape index (κ2) is 6.32. The molecule has 4 heteroatoms. The molecule has 18 heavy (non-hydrogen) atoms. The van der Waals surface area contributed by atoms with E-state index in [1.54, 1.807) is 6.92 Å². The van der Waals surface area contributed by atoms with E-state index in [-0.39, 0.29) is 5.91 Å². The van der Waals surface area contributed by atoms with E-state index in [1.165, 1.54) is 12.0 Å².